The fraction of sp³-hybridized carbons (Fsp3) is 0.111. The minimum absolute atomic E-state index is 0.316. The molecule has 0 bridgehead atoms. The molecule has 0 saturated carbocycles. The first-order valence-corrected chi connectivity index (χ1v) is 7.83. The number of carbonyl (C=O) groups excluding carboxylic acids is 1. The maximum atomic E-state index is 12.6. The summed E-state index contributed by atoms with van der Waals surface area (Å²) < 4.78 is 12.2. The van der Waals surface area contributed by atoms with Gasteiger partial charge in [0.15, 0.2) is 0 Å². The normalized spacial score (nSPS) is 10.4. The number of hydrogen-bond donors (Lipinski definition) is 1. The third-order valence-electron chi connectivity index (χ3n) is 3.60. The number of benzene rings is 2. The zero-order chi connectivity index (χ0) is 17.8. The van der Waals surface area contributed by atoms with Crippen LogP contribution in [0.3, 0.4) is 0 Å². The highest BCUT2D eigenvalue weighted by molar-refractivity contribution is 6.30. The van der Waals surface area contributed by atoms with Crippen molar-refractivity contribution in [1.29, 1.82) is 0 Å². The molecule has 0 atom stereocenters. The largest absolute Gasteiger partial charge is 0.496 e. The lowest BCUT2D eigenvalue weighted by Gasteiger charge is -2.13. The van der Waals surface area contributed by atoms with Crippen LogP contribution >= 0.6 is 11.6 Å². The molecule has 0 saturated heterocycles. The Bertz CT molecular complexity index is 869. The Kier molecular flexibility index (Phi) is 4.90. The van der Waals surface area contributed by atoms with Gasteiger partial charge in [0.1, 0.15) is 17.1 Å². The number of nitrogens with zero attached hydrogens (tertiary/aromatic N) is 2. The Balaban J connectivity index is 1.82. The number of anilines is 1. The van der Waals surface area contributed by atoms with Gasteiger partial charge >= 0.3 is 0 Å². The van der Waals surface area contributed by atoms with Crippen molar-refractivity contribution < 1.29 is 14.3 Å². The van der Waals surface area contributed by atoms with Crippen molar-refractivity contribution in [3.8, 4) is 17.2 Å². The number of nitrogens with one attached hydrogen (secondary N) is 1. The van der Waals surface area contributed by atoms with Crippen LogP contribution in [0.4, 0.5) is 5.69 Å². The molecule has 0 fully saturated rings. The Labute approximate surface area is 149 Å². The summed E-state index contributed by atoms with van der Waals surface area (Å²) in [6.07, 6.45) is 3.26. The lowest BCUT2D eigenvalue weighted by Crippen LogP contribution is -2.14. The average molecular weight is 358 g/mol. The van der Waals surface area contributed by atoms with E-state index in [1.807, 2.05) is 12.1 Å². The molecule has 0 spiro atoms. The number of halogens is 1. The summed E-state index contributed by atoms with van der Waals surface area (Å²) in [5, 5.41) is 7.53. The van der Waals surface area contributed by atoms with Crippen LogP contribution in [0.25, 0.3) is 5.69 Å². The molecule has 0 unspecified atom stereocenters. The highest BCUT2D eigenvalue weighted by atomic mass is 35.5. The molecule has 3 aromatic rings. The molecule has 1 N–H and O–H groups in total. The molecule has 128 valence electrons. The van der Waals surface area contributed by atoms with E-state index in [0.29, 0.717) is 27.8 Å². The number of hydrogen-bond acceptors (Lipinski definition) is 4. The molecule has 3 rings (SSSR count). The highest BCUT2D eigenvalue weighted by Gasteiger charge is 2.18. The van der Waals surface area contributed by atoms with E-state index >= 15 is 0 Å². The van der Waals surface area contributed by atoms with Crippen LogP contribution in [0.5, 0.6) is 11.5 Å². The smallest absolute Gasteiger partial charge is 0.263 e. The third kappa shape index (κ3) is 3.59. The molecule has 0 radical (unpaired) electrons. The van der Waals surface area contributed by atoms with E-state index in [9.17, 15) is 4.79 Å². The second kappa shape index (κ2) is 7.27. The van der Waals surface area contributed by atoms with Gasteiger partial charge in [-0.15, -0.1) is 0 Å². The van der Waals surface area contributed by atoms with Gasteiger partial charge in [0.05, 0.1) is 31.1 Å². The summed E-state index contributed by atoms with van der Waals surface area (Å²) in [7, 11) is 3.02. The van der Waals surface area contributed by atoms with Gasteiger partial charge in [-0.05, 0) is 36.4 Å². The van der Waals surface area contributed by atoms with Gasteiger partial charge in [0, 0.05) is 11.9 Å². The van der Waals surface area contributed by atoms with Crippen LogP contribution in [-0.2, 0) is 0 Å². The molecule has 0 aliphatic heterocycles. The maximum Gasteiger partial charge on any atom is 0.263 e. The summed E-state index contributed by atoms with van der Waals surface area (Å²) in [6, 6.07) is 12.4. The Morgan fingerprint density at radius 3 is 2.24 bits per heavy atom. The first kappa shape index (κ1) is 16.9. The molecular weight excluding hydrogens is 342 g/mol. The molecule has 25 heavy (non-hydrogen) atoms. The van der Waals surface area contributed by atoms with Gasteiger partial charge in [0.2, 0.25) is 0 Å². The van der Waals surface area contributed by atoms with Crippen molar-refractivity contribution in [2.75, 3.05) is 19.5 Å². The zero-order valence-corrected chi connectivity index (χ0v) is 14.4. The predicted molar refractivity (Wildman–Crippen MR) is 96.1 cm³/mol. The Hall–Kier alpha value is -2.99. The summed E-state index contributed by atoms with van der Waals surface area (Å²) in [4.78, 5) is 12.6. The molecule has 1 aromatic heterocycles. The van der Waals surface area contributed by atoms with Crippen molar-refractivity contribution >= 4 is 23.2 Å². The number of aromatic nitrogens is 2. The number of rotatable bonds is 5. The zero-order valence-electron chi connectivity index (χ0n) is 13.7. The van der Waals surface area contributed by atoms with E-state index in [0.717, 1.165) is 5.69 Å². The summed E-state index contributed by atoms with van der Waals surface area (Å²) in [5.74, 6) is 0.573. The lowest BCUT2D eigenvalue weighted by molar-refractivity contribution is 0.102. The molecule has 2 aromatic carbocycles. The number of ether oxygens (including phenoxy) is 2. The van der Waals surface area contributed by atoms with Gasteiger partial charge in [-0.2, -0.15) is 5.10 Å². The number of amides is 1. The quantitative estimate of drug-likeness (QED) is 0.754. The van der Waals surface area contributed by atoms with Crippen LogP contribution in [0.1, 0.15) is 10.4 Å². The van der Waals surface area contributed by atoms with Crippen LogP contribution in [0.2, 0.25) is 5.02 Å². The molecule has 7 heteroatoms. The first-order valence-electron chi connectivity index (χ1n) is 7.45. The van der Waals surface area contributed by atoms with E-state index in [2.05, 4.69) is 10.4 Å². The summed E-state index contributed by atoms with van der Waals surface area (Å²) in [6.45, 7) is 0. The lowest BCUT2D eigenvalue weighted by atomic mass is 10.1. The standard InChI is InChI=1S/C18H16ClN3O3/c1-24-15-4-3-5-16(25-2)17(15)18(23)21-13-6-8-14(9-7-13)22-11-12(19)10-20-22/h3-11H,1-2H3,(H,21,23). The van der Waals surface area contributed by atoms with Gasteiger partial charge in [-0.25, -0.2) is 4.68 Å². The van der Waals surface area contributed by atoms with Gasteiger partial charge in [0.25, 0.3) is 5.91 Å². The number of carbonyl (C=O) groups is 1. The Morgan fingerprint density at radius 1 is 1.08 bits per heavy atom. The third-order valence-corrected chi connectivity index (χ3v) is 3.79. The fourth-order valence-electron chi connectivity index (χ4n) is 2.41. The van der Waals surface area contributed by atoms with Crippen molar-refractivity contribution in [3.05, 3.63) is 65.4 Å². The first-order chi connectivity index (χ1) is 12.1. The summed E-state index contributed by atoms with van der Waals surface area (Å²) >= 11 is 5.87. The summed E-state index contributed by atoms with van der Waals surface area (Å²) in [5.41, 5.74) is 1.81. The second-order valence-corrected chi connectivity index (χ2v) is 5.58. The predicted octanol–water partition coefficient (Wildman–Crippen LogP) is 3.80. The van der Waals surface area contributed by atoms with E-state index in [4.69, 9.17) is 21.1 Å². The van der Waals surface area contributed by atoms with E-state index in [1.54, 1.807) is 47.4 Å². The molecule has 1 heterocycles. The van der Waals surface area contributed by atoms with Crippen LogP contribution in [0, 0.1) is 0 Å². The minimum atomic E-state index is -0.316. The topological polar surface area (TPSA) is 65.4 Å². The van der Waals surface area contributed by atoms with Gasteiger partial charge < -0.3 is 14.8 Å². The SMILES string of the molecule is COc1cccc(OC)c1C(=O)Nc1ccc(-n2cc(Cl)cn2)cc1. The van der Waals surface area contributed by atoms with Crippen molar-refractivity contribution in [2.45, 2.75) is 0 Å². The molecular formula is C18H16ClN3O3. The van der Waals surface area contributed by atoms with Crippen LogP contribution in [-0.4, -0.2) is 29.9 Å². The van der Waals surface area contributed by atoms with Crippen LogP contribution < -0.4 is 14.8 Å². The van der Waals surface area contributed by atoms with E-state index < -0.39 is 0 Å². The maximum absolute atomic E-state index is 12.6. The fourth-order valence-corrected chi connectivity index (χ4v) is 2.54. The van der Waals surface area contributed by atoms with Crippen molar-refractivity contribution in [2.24, 2.45) is 0 Å². The van der Waals surface area contributed by atoms with Crippen molar-refractivity contribution in [3.63, 3.8) is 0 Å². The average Bonchev–Trinajstić information content (AvgIpc) is 3.07. The van der Waals surface area contributed by atoms with Crippen molar-refractivity contribution in [1.82, 2.24) is 9.78 Å². The van der Waals surface area contributed by atoms with E-state index in [-0.39, 0.29) is 5.91 Å². The molecule has 6 nitrogen and oxygen atoms in total. The molecule has 0 aliphatic carbocycles. The van der Waals surface area contributed by atoms with Gasteiger partial charge in [-0.3, -0.25) is 4.79 Å². The van der Waals surface area contributed by atoms with E-state index in [1.165, 1.54) is 14.2 Å². The Morgan fingerprint density at radius 2 is 1.72 bits per heavy atom. The molecule has 1 amide bonds. The minimum Gasteiger partial charge on any atom is -0.496 e. The second-order valence-electron chi connectivity index (χ2n) is 5.14. The van der Waals surface area contributed by atoms with Crippen LogP contribution in [0.15, 0.2) is 54.9 Å². The monoisotopic (exact) mass is 357 g/mol. The highest BCUT2D eigenvalue weighted by Crippen LogP contribution is 2.29. The number of methoxy groups -OCH3 is 2. The van der Waals surface area contributed by atoms with Gasteiger partial charge in [-0.1, -0.05) is 17.7 Å². The molecule has 0 aliphatic rings.